The summed E-state index contributed by atoms with van der Waals surface area (Å²) in [5, 5.41) is 3.26. The molecule has 1 amide bonds. The van der Waals surface area contributed by atoms with E-state index in [1.165, 1.54) is 0 Å². The second kappa shape index (κ2) is 7.51. The van der Waals surface area contributed by atoms with Gasteiger partial charge in [-0.3, -0.25) is 9.10 Å². The monoisotopic (exact) mass is 360 g/mol. The summed E-state index contributed by atoms with van der Waals surface area (Å²) in [6.45, 7) is 2.65. The fourth-order valence-corrected chi connectivity index (χ4v) is 3.87. The van der Waals surface area contributed by atoms with Gasteiger partial charge in [-0.2, -0.15) is 0 Å². The van der Waals surface area contributed by atoms with E-state index in [0.29, 0.717) is 23.9 Å². The molecule has 1 aromatic rings. The normalized spacial score (nSPS) is 19.3. The Labute approximate surface area is 141 Å². The lowest BCUT2D eigenvalue weighted by Gasteiger charge is -2.28. The Morgan fingerprint density at radius 2 is 2.09 bits per heavy atom. The zero-order chi connectivity index (χ0) is 17.0. The number of carbonyl (C=O) groups is 1. The molecule has 0 unspecified atom stereocenters. The van der Waals surface area contributed by atoms with Crippen molar-refractivity contribution in [2.45, 2.75) is 31.9 Å². The molecule has 0 aliphatic carbocycles. The molecule has 1 saturated heterocycles. The van der Waals surface area contributed by atoms with Crippen molar-refractivity contribution < 1.29 is 17.9 Å². The van der Waals surface area contributed by atoms with Crippen molar-refractivity contribution in [2.24, 2.45) is 0 Å². The summed E-state index contributed by atoms with van der Waals surface area (Å²) in [4.78, 5) is 12.3. The van der Waals surface area contributed by atoms with Crippen LogP contribution in [-0.4, -0.2) is 45.9 Å². The highest BCUT2D eigenvalue weighted by atomic mass is 35.5. The number of sulfonamides is 1. The molecule has 23 heavy (non-hydrogen) atoms. The molecular formula is C15H21ClN2O4S. The topological polar surface area (TPSA) is 75.7 Å². The molecule has 1 fully saturated rings. The Morgan fingerprint density at radius 1 is 1.43 bits per heavy atom. The lowest BCUT2D eigenvalue weighted by molar-refractivity contribution is -0.122. The largest absolute Gasteiger partial charge is 0.376 e. The zero-order valence-corrected chi connectivity index (χ0v) is 14.7. The number of hydrogen-bond acceptors (Lipinski definition) is 4. The highest BCUT2D eigenvalue weighted by Gasteiger charge is 2.29. The minimum Gasteiger partial charge on any atom is -0.376 e. The standard InChI is InChI=1S/C15H21ClN2O4S/c1-11(15(19)17-10-14-4-3-9-22-14)18(23(2,20)21)13-7-5-12(16)6-8-13/h5-8,11,14H,3-4,9-10H2,1-2H3,(H,17,19)/t11-,14-/m1/s1. The van der Waals surface area contributed by atoms with Crippen LogP contribution in [0.25, 0.3) is 0 Å². The first-order chi connectivity index (χ1) is 10.8. The number of rotatable bonds is 6. The summed E-state index contributed by atoms with van der Waals surface area (Å²) < 4.78 is 30.8. The van der Waals surface area contributed by atoms with Gasteiger partial charge >= 0.3 is 0 Å². The maximum absolute atomic E-state index is 12.3. The molecule has 6 nitrogen and oxygen atoms in total. The Hall–Kier alpha value is -1.31. The number of ether oxygens (including phenoxy) is 1. The molecule has 0 saturated carbocycles. The minimum atomic E-state index is -3.61. The maximum atomic E-state index is 12.3. The van der Waals surface area contributed by atoms with Gasteiger partial charge in [-0.25, -0.2) is 8.42 Å². The predicted octanol–water partition coefficient (Wildman–Crippen LogP) is 1.79. The number of halogens is 1. The van der Waals surface area contributed by atoms with Gasteiger partial charge in [0.15, 0.2) is 0 Å². The van der Waals surface area contributed by atoms with Gasteiger partial charge in [0.05, 0.1) is 18.0 Å². The number of amides is 1. The number of anilines is 1. The second-order valence-electron chi connectivity index (χ2n) is 5.59. The fraction of sp³-hybridized carbons (Fsp3) is 0.533. The summed E-state index contributed by atoms with van der Waals surface area (Å²) in [5.74, 6) is -0.360. The van der Waals surface area contributed by atoms with E-state index in [0.717, 1.165) is 23.4 Å². The second-order valence-corrected chi connectivity index (χ2v) is 7.89. The van der Waals surface area contributed by atoms with Crippen LogP contribution in [0.5, 0.6) is 0 Å². The summed E-state index contributed by atoms with van der Waals surface area (Å²) >= 11 is 5.83. The van der Waals surface area contributed by atoms with Gasteiger partial charge < -0.3 is 10.1 Å². The van der Waals surface area contributed by atoms with Crippen molar-refractivity contribution in [3.05, 3.63) is 29.3 Å². The molecule has 2 atom stereocenters. The van der Waals surface area contributed by atoms with Crippen molar-refractivity contribution in [1.82, 2.24) is 5.32 Å². The van der Waals surface area contributed by atoms with E-state index in [4.69, 9.17) is 16.3 Å². The molecule has 1 aromatic carbocycles. The smallest absolute Gasteiger partial charge is 0.243 e. The molecule has 0 spiro atoms. The number of nitrogens with one attached hydrogen (secondary N) is 1. The van der Waals surface area contributed by atoms with Crippen molar-refractivity contribution in [3.8, 4) is 0 Å². The van der Waals surface area contributed by atoms with Crippen molar-refractivity contribution in [1.29, 1.82) is 0 Å². The third kappa shape index (κ3) is 4.83. The first-order valence-corrected chi connectivity index (χ1v) is 9.66. The first-order valence-electron chi connectivity index (χ1n) is 7.43. The SMILES string of the molecule is C[C@H](C(=O)NC[C@H]1CCCO1)N(c1ccc(Cl)cc1)S(C)(=O)=O. The summed E-state index contributed by atoms with van der Waals surface area (Å²) in [7, 11) is -3.61. The van der Waals surface area contributed by atoms with Crippen LogP contribution in [0, 0.1) is 0 Å². The molecule has 0 aromatic heterocycles. The fourth-order valence-electron chi connectivity index (χ4n) is 2.56. The maximum Gasteiger partial charge on any atom is 0.243 e. The van der Waals surface area contributed by atoms with Crippen LogP contribution in [0.3, 0.4) is 0 Å². The van der Waals surface area contributed by atoms with E-state index >= 15 is 0 Å². The lowest BCUT2D eigenvalue weighted by atomic mass is 10.2. The molecule has 8 heteroatoms. The van der Waals surface area contributed by atoms with Crippen LogP contribution in [0.15, 0.2) is 24.3 Å². The molecule has 1 heterocycles. The lowest BCUT2D eigenvalue weighted by Crippen LogP contribution is -2.49. The molecule has 2 rings (SSSR count). The van der Waals surface area contributed by atoms with Gasteiger partial charge in [0.1, 0.15) is 6.04 Å². The highest BCUT2D eigenvalue weighted by Crippen LogP contribution is 2.23. The van der Waals surface area contributed by atoms with Crippen LogP contribution >= 0.6 is 11.6 Å². The van der Waals surface area contributed by atoms with Gasteiger partial charge in [-0.1, -0.05) is 11.6 Å². The number of nitrogens with zero attached hydrogens (tertiary/aromatic N) is 1. The van der Waals surface area contributed by atoms with E-state index in [2.05, 4.69) is 5.32 Å². The van der Waals surface area contributed by atoms with Crippen LogP contribution in [0.4, 0.5) is 5.69 Å². The zero-order valence-electron chi connectivity index (χ0n) is 13.2. The Bertz CT molecular complexity index is 642. The third-order valence-corrected chi connectivity index (χ3v) is 5.19. The van der Waals surface area contributed by atoms with Crippen molar-refractivity contribution >= 4 is 33.2 Å². The van der Waals surface area contributed by atoms with E-state index in [1.807, 2.05) is 0 Å². The van der Waals surface area contributed by atoms with Gasteiger partial charge in [-0.05, 0) is 44.0 Å². The van der Waals surface area contributed by atoms with Crippen LogP contribution < -0.4 is 9.62 Å². The van der Waals surface area contributed by atoms with E-state index in [9.17, 15) is 13.2 Å². The van der Waals surface area contributed by atoms with Crippen LogP contribution in [0.1, 0.15) is 19.8 Å². The number of benzene rings is 1. The van der Waals surface area contributed by atoms with Crippen molar-refractivity contribution in [3.63, 3.8) is 0 Å². The van der Waals surface area contributed by atoms with Gasteiger partial charge in [0.25, 0.3) is 0 Å². The first kappa shape index (κ1) is 18.0. The average molecular weight is 361 g/mol. The van der Waals surface area contributed by atoms with Crippen molar-refractivity contribution in [2.75, 3.05) is 23.7 Å². The van der Waals surface area contributed by atoms with E-state index in [-0.39, 0.29) is 12.0 Å². The molecule has 1 N–H and O–H groups in total. The molecule has 1 aliphatic heterocycles. The summed E-state index contributed by atoms with van der Waals surface area (Å²) in [5.41, 5.74) is 0.400. The molecule has 0 radical (unpaired) electrons. The number of hydrogen-bond donors (Lipinski definition) is 1. The quantitative estimate of drug-likeness (QED) is 0.839. The van der Waals surface area contributed by atoms with Crippen LogP contribution in [-0.2, 0) is 19.6 Å². The third-order valence-electron chi connectivity index (χ3n) is 3.70. The molecular weight excluding hydrogens is 340 g/mol. The van der Waals surface area contributed by atoms with E-state index in [1.54, 1.807) is 31.2 Å². The Balaban J connectivity index is 2.11. The average Bonchev–Trinajstić information content (AvgIpc) is 2.99. The minimum absolute atomic E-state index is 0.00775. The Kier molecular flexibility index (Phi) is 5.89. The summed E-state index contributed by atoms with van der Waals surface area (Å²) in [6.07, 6.45) is 2.97. The molecule has 0 bridgehead atoms. The van der Waals surface area contributed by atoms with Crippen LogP contribution in [0.2, 0.25) is 5.02 Å². The molecule has 128 valence electrons. The molecule has 1 aliphatic rings. The number of carbonyl (C=O) groups excluding carboxylic acids is 1. The summed E-state index contributed by atoms with van der Waals surface area (Å²) in [6, 6.07) is 5.46. The highest BCUT2D eigenvalue weighted by molar-refractivity contribution is 7.92. The Morgan fingerprint density at radius 3 is 2.61 bits per heavy atom. The predicted molar refractivity (Wildman–Crippen MR) is 90.2 cm³/mol. The van der Waals surface area contributed by atoms with Gasteiger partial charge in [0, 0.05) is 18.2 Å². The van der Waals surface area contributed by atoms with E-state index < -0.39 is 16.1 Å². The van der Waals surface area contributed by atoms with Gasteiger partial charge in [0.2, 0.25) is 15.9 Å². The van der Waals surface area contributed by atoms with Gasteiger partial charge in [-0.15, -0.1) is 0 Å².